The number of aryl methyl sites for hydroxylation is 1. The number of nitrogens with zero attached hydrogens (tertiary/aromatic N) is 5. The van der Waals surface area contributed by atoms with Gasteiger partial charge in [-0.2, -0.15) is 0 Å². The highest BCUT2D eigenvalue weighted by atomic mass is 16.5. The predicted octanol–water partition coefficient (Wildman–Crippen LogP) is 0.442. The number of imide groups is 1. The van der Waals surface area contributed by atoms with Crippen LogP contribution in [0.15, 0.2) is 36.4 Å². The number of carbonyl (C=O) groups is 3. The maximum absolute atomic E-state index is 11.8. The summed E-state index contributed by atoms with van der Waals surface area (Å²) in [6.07, 6.45) is 3.09. The summed E-state index contributed by atoms with van der Waals surface area (Å²) in [6, 6.07) is 7.24. The zero-order chi connectivity index (χ0) is 20.6. The van der Waals surface area contributed by atoms with Crippen LogP contribution in [0.1, 0.15) is 18.7 Å². The highest BCUT2D eigenvalue weighted by molar-refractivity contribution is 6.13. The minimum atomic E-state index is -0.385. The third-order valence-electron chi connectivity index (χ3n) is 4.07. The summed E-state index contributed by atoms with van der Waals surface area (Å²) in [5.41, 5.74) is 0.787. The van der Waals surface area contributed by atoms with Crippen LogP contribution in [0.4, 0.5) is 0 Å². The Morgan fingerprint density at radius 1 is 1.03 bits per heavy atom. The molecule has 0 aliphatic carbocycles. The smallest absolute Gasteiger partial charge is 0.253 e. The van der Waals surface area contributed by atoms with E-state index in [1.165, 1.54) is 12.2 Å². The molecule has 3 amide bonds. The van der Waals surface area contributed by atoms with Crippen LogP contribution in [0, 0.1) is 6.92 Å². The standard InChI is InChI=1S/C19H20N6O4/c1-13-21-23-19(24-22-13)14-3-5-15(6-4-14)29-12-2-10-20-16(26)9-11-25-17(27)7-8-18(25)28/h3-8H,2,9-12H2,1H3,(H,20,26). The van der Waals surface area contributed by atoms with E-state index in [0.29, 0.717) is 37.0 Å². The fourth-order valence-electron chi connectivity index (χ4n) is 2.54. The van der Waals surface area contributed by atoms with Crippen LogP contribution in [0.5, 0.6) is 5.75 Å². The highest BCUT2D eigenvalue weighted by Gasteiger charge is 2.23. The van der Waals surface area contributed by atoms with Gasteiger partial charge in [0.05, 0.1) is 6.61 Å². The van der Waals surface area contributed by atoms with Gasteiger partial charge in [0, 0.05) is 37.2 Å². The monoisotopic (exact) mass is 396 g/mol. The second kappa shape index (κ2) is 9.49. The normalized spacial score (nSPS) is 13.1. The number of hydrogen-bond donors (Lipinski definition) is 1. The molecule has 0 spiro atoms. The Kier molecular flexibility index (Phi) is 6.56. The van der Waals surface area contributed by atoms with Crippen molar-refractivity contribution in [2.45, 2.75) is 19.8 Å². The fraction of sp³-hybridized carbons (Fsp3) is 0.316. The average Bonchev–Trinajstić information content (AvgIpc) is 3.05. The topological polar surface area (TPSA) is 127 Å². The Bertz CT molecular complexity index is 893. The maximum Gasteiger partial charge on any atom is 0.253 e. The van der Waals surface area contributed by atoms with Gasteiger partial charge in [-0.15, -0.1) is 20.4 Å². The van der Waals surface area contributed by atoms with E-state index in [2.05, 4.69) is 25.7 Å². The summed E-state index contributed by atoms with van der Waals surface area (Å²) >= 11 is 0. The van der Waals surface area contributed by atoms with Gasteiger partial charge in [-0.3, -0.25) is 19.3 Å². The third-order valence-corrected chi connectivity index (χ3v) is 4.07. The van der Waals surface area contributed by atoms with E-state index < -0.39 is 0 Å². The summed E-state index contributed by atoms with van der Waals surface area (Å²) in [5.74, 6) is 0.648. The van der Waals surface area contributed by atoms with Crippen LogP contribution >= 0.6 is 0 Å². The third kappa shape index (κ3) is 5.64. The fourth-order valence-corrected chi connectivity index (χ4v) is 2.54. The van der Waals surface area contributed by atoms with E-state index in [1.54, 1.807) is 19.1 Å². The molecule has 0 bridgehead atoms. The second-order valence-electron chi connectivity index (χ2n) is 6.26. The second-order valence-corrected chi connectivity index (χ2v) is 6.26. The van der Waals surface area contributed by atoms with Crippen molar-refractivity contribution in [2.24, 2.45) is 0 Å². The van der Waals surface area contributed by atoms with Gasteiger partial charge in [0.15, 0.2) is 5.82 Å². The van der Waals surface area contributed by atoms with Crippen molar-refractivity contribution in [1.82, 2.24) is 30.6 Å². The summed E-state index contributed by atoms with van der Waals surface area (Å²) in [5, 5.41) is 18.5. The first-order valence-electron chi connectivity index (χ1n) is 9.10. The summed E-state index contributed by atoms with van der Waals surface area (Å²) in [6.45, 7) is 2.66. The molecular weight excluding hydrogens is 376 g/mol. The van der Waals surface area contributed by atoms with E-state index >= 15 is 0 Å². The zero-order valence-corrected chi connectivity index (χ0v) is 15.9. The van der Waals surface area contributed by atoms with Crippen LogP contribution in [0.25, 0.3) is 11.4 Å². The van der Waals surface area contributed by atoms with Gasteiger partial charge >= 0.3 is 0 Å². The first-order chi connectivity index (χ1) is 14.0. The molecule has 0 fully saturated rings. The minimum Gasteiger partial charge on any atom is -0.494 e. The lowest BCUT2D eigenvalue weighted by Crippen LogP contribution is -2.35. The van der Waals surface area contributed by atoms with Crippen molar-refractivity contribution in [3.05, 3.63) is 42.2 Å². The molecule has 1 aromatic carbocycles. The first-order valence-corrected chi connectivity index (χ1v) is 9.10. The molecule has 2 heterocycles. The Morgan fingerprint density at radius 2 is 1.69 bits per heavy atom. The van der Waals surface area contributed by atoms with Crippen molar-refractivity contribution < 1.29 is 19.1 Å². The molecule has 29 heavy (non-hydrogen) atoms. The summed E-state index contributed by atoms with van der Waals surface area (Å²) in [7, 11) is 0. The van der Waals surface area contributed by atoms with E-state index in [4.69, 9.17) is 4.74 Å². The first kappa shape index (κ1) is 20.1. The van der Waals surface area contributed by atoms with Crippen LogP contribution in [0.3, 0.4) is 0 Å². The lowest BCUT2D eigenvalue weighted by atomic mass is 10.2. The summed E-state index contributed by atoms with van der Waals surface area (Å²) in [4.78, 5) is 35.6. The molecule has 0 radical (unpaired) electrons. The average molecular weight is 396 g/mol. The van der Waals surface area contributed by atoms with Gasteiger partial charge in [-0.05, 0) is 37.6 Å². The molecule has 1 aliphatic rings. The Labute approximate surface area is 167 Å². The van der Waals surface area contributed by atoms with Crippen LogP contribution < -0.4 is 10.1 Å². The van der Waals surface area contributed by atoms with E-state index in [0.717, 1.165) is 10.5 Å². The molecule has 3 rings (SSSR count). The highest BCUT2D eigenvalue weighted by Crippen LogP contribution is 2.18. The Hall–Kier alpha value is -3.69. The SMILES string of the molecule is Cc1nnc(-c2ccc(OCCCNC(=O)CCN3C(=O)C=CC3=O)cc2)nn1. The van der Waals surface area contributed by atoms with Crippen molar-refractivity contribution >= 4 is 17.7 Å². The molecule has 10 nitrogen and oxygen atoms in total. The number of benzene rings is 1. The van der Waals surface area contributed by atoms with Gasteiger partial charge in [0.2, 0.25) is 11.7 Å². The molecular formula is C19H20N6O4. The number of nitrogens with one attached hydrogen (secondary N) is 1. The van der Waals surface area contributed by atoms with Gasteiger partial charge in [-0.25, -0.2) is 0 Å². The number of carbonyl (C=O) groups excluding carboxylic acids is 3. The van der Waals surface area contributed by atoms with Crippen molar-refractivity contribution in [2.75, 3.05) is 19.7 Å². The quantitative estimate of drug-likeness (QED) is 0.478. The number of aromatic nitrogens is 4. The molecule has 0 unspecified atom stereocenters. The molecule has 2 aromatic rings. The van der Waals surface area contributed by atoms with Gasteiger partial charge in [0.25, 0.3) is 11.8 Å². The molecule has 0 saturated carbocycles. The zero-order valence-electron chi connectivity index (χ0n) is 15.9. The molecule has 10 heteroatoms. The molecule has 150 valence electrons. The lowest BCUT2D eigenvalue weighted by Gasteiger charge is -2.13. The Balaban J connectivity index is 1.32. The predicted molar refractivity (Wildman–Crippen MR) is 101 cm³/mol. The van der Waals surface area contributed by atoms with Crippen molar-refractivity contribution in [3.63, 3.8) is 0 Å². The number of amides is 3. The molecule has 0 saturated heterocycles. The van der Waals surface area contributed by atoms with Crippen LogP contribution in [0.2, 0.25) is 0 Å². The lowest BCUT2D eigenvalue weighted by molar-refractivity contribution is -0.137. The van der Waals surface area contributed by atoms with E-state index in [9.17, 15) is 14.4 Å². The number of hydrogen-bond acceptors (Lipinski definition) is 8. The van der Waals surface area contributed by atoms with Gasteiger partial charge in [0.1, 0.15) is 5.75 Å². The van der Waals surface area contributed by atoms with Gasteiger partial charge < -0.3 is 10.1 Å². The number of ether oxygens (including phenoxy) is 1. The minimum absolute atomic E-state index is 0.0757. The van der Waals surface area contributed by atoms with Crippen molar-refractivity contribution in [1.29, 1.82) is 0 Å². The van der Waals surface area contributed by atoms with E-state index in [1.807, 2.05) is 12.1 Å². The summed E-state index contributed by atoms with van der Waals surface area (Å²) < 4.78 is 5.64. The number of rotatable bonds is 9. The molecule has 1 aliphatic heterocycles. The maximum atomic E-state index is 11.8. The van der Waals surface area contributed by atoms with Crippen LogP contribution in [-0.4, -0.2) is 62.7 Å². The molecule has 1 N–H and O–H groups in total. The molecule has 0 atom stereocenters. The largest absolute Gasteiger partial charge is 0.494 e. The Morgan fingerprint density at radius 3 is 2.34 bits per heavy atom. The van der Waals surface area contributed by atoms with Gasteiger partial charge in [-0.1, -0.05) is 0 Å². The van der Waals surface area contributed by atoms with E-state index in [-0.39, 0.29) is 30.7 Å². The van der Waals surface area contributed by atoms with Crippen LogP contribution in [-0.2, 0) is 14.4 Å². The molecule has 1 aromatic heterocycles. The van der Waals surface area contributed by atoms with Crippen molar-refractivity contribution in [3.8, 4) is 17.1 Å².